The molecule has 1 heterocycles. The second kappa shape index (κ2) is 8.61. The van der Waals surface area contributed by atoms with Gasteiger partial charge in [0.2, 0.25) is 5.91 Å². The lowest BCUT2D eigenvalue weighted by atomic mass is 10.1. The van der Waals surface area contributed by atoms with Gasteiger partial charge >= 0.3 is 5.97 Å². The number of likely N-dealkylation sites (tertiary alicyclic amines) is 1. The van der Waals surface area contributed by atoms with Crippen LogP contribution in [0.1, 0.15) is 42.1 Å². The van der Waals surface area contributed by atoms with Crippen LogP contribution in [0.25, 0.3) is 0 Å². The molecule has 146 valence electrons. The Labute approximate surface area is 156 Å². The molecule has 2 amide bonds. The number of nitro groups is 1. The number of benzene rings is 1. The summed E-state index contributed by atoms with van der Waals surface area (Å²) in [5.74, 6) is -1.59. The van der Waals surface area contributed by atoms with Gasteiger partial charge in [-0.05, 0) is 38.3 Å². The quantitative estimate of drug-likeness (QED) is 0.617. The number of rotatable bonds is 5. The van der Waals surface area contributed by atoms with Crippen LogP contribution in [0.15, 0.2) is 18.2 Å². The average molecular weight is 377 g/mol. The summed E-state index contributed by atoms with van der Waals surface area (Å²) in [4.78, 5) is 49.0. The smallest absolute Gasteiger partial charge is 0.323 e. The highest BCUT2D eigenvalue weighted by Gasteiger charge is 2.28. The van der Waals surface area contributed by atoms with Crippen LogP contribution >= 0.6 is 0 Å². The van der Waals surface area contributed by atoms with Gasteiger partial charge in [-0.1, -0.05) is 0 Å². The molecule has 0 spiro atoms. The van der Waals surface area contributed by atoms with Crippen molar-refractivity contribution >= 4 is 23.5 Å². The Morgan fingerprint density at radius 3 is 2.56 bits per heavy atom. The van der Waals surface area contributed by atoms with Crippen molar-refractivity contribution in [1.82, 2.24) is 9.80 Å². The molecule has 0 radical (unpaired) electrons. The van der Waals surface area contributed by atoms with Gasteiger partial charge in [0.1, 0.15) is 6.54 Å². The predicted molar refractivity (Wildman–Crippen MR) is 96.4 cm³/mol. The number of carboxylic acids is 1. The minimum Gasteiger partial charge on any atom is -0.480 e. The lowest BCUT2D eigenvalue weighted by Gasteiger charge is -2.28. The van der Waals surface area contributed by atoms with Crippen molar-refractivity contribution in [2.75, 3.05) is 19.6 Å². The van der Waals surface area contributed by atoms with Crippen LogP contribution < -0.4 is 0 Å². The third kappa shape index (κ3) is 5.02. The van der Waals surface area contributed by atoms with Crippen molar-refractivity contribution in [3.63, 3.8) is 0 Å². The predicted octanol–water partition coefficient (Wildman–Crippen LogP) is 1.83. The number of hydrogen-bond acceptors (Lipinski definition) is 5. The number of carbonyl (C=O) groups is 3. The number of carboxylic acid groups (broad SMARTS) is 1. The fraction of sp³-hybridized carbons (Fsp3) is 0.500. The number of aliphatic carboxylic acids is 1. The third-order valence-corrected chi connectivity index (χ3v) is 4.78. The minimum absolute atomic E-state index is 0.0340. The van der Waals surface area contributed by atoms with E-state index in [1.807, 2.05) is 0 Å². The average Bonchev–Trinajstić information content (AvgIpc) is 2.84. The summed E-state index contributed by atoms with van der Waals surface area (Å²) in [5, 5.41) is 19.9. The van der Waals surface area contributed by atoms with E-state index in [1.165, 1.54) is 30.0 Å². The zero-order chi connectivity index (χ0) is 20.1. The molecule has 1 aromatic rings. The van der Waals surface area contributed by atoms with E-state index in [0.717, 1.165) is 0 Å². The second-order valence-electron chi connectivity index (χ2n) is 6.68. The highest BCUT2D eigenvalue weighted by Crippen LogP contribution is 2.22. The van der Waals surface area contributed by atoms with E-state index >= 15 is 0 Å². The molecule has 1 aromatic carbocycles. The van der Waals surface area contributed by atoms with Gasteiger partial charge in [-0.25, -0.2) is 0 Å². The molecule has 0 aliphatic carbocycles. The molecule has 0 aromatic heterocycles. The lowest BCUT2D eigenvalue weighted by molar-refractivity contribution is -0.385. The molecule has 2 rings (SSSR count). The molecule has 27 heavy (non-hydrogen) atoms. The Morgan fingerprint density at radius 2 is 2.00 bits per heavy atom. The van der Waals surface area contributed by atoms with Crippen LogP contribution in [0.3, 0.4) is 0 Å². The maximum Gasteiger partial charge on any atom is 0.323 e. The van der Waals surface area contributed by atoms with Crippen LogP contribution in [0.5, 0.6) is 0 Å². The van der Waals surface area contributed by atoms with Crippen molar-refractivity contribution in [2.24, 2.45) is 0 Å². The van der Waals surface area contributed by atoms with E-state index in [0.29, 0.717) is 43.5 Å². The van der Waals surface area contributed by atoms with Gasteiger partial charge in [-0.15, -0.1) is 0 Å². The van der Waals surface area contributed by atoms with Crippen molar-refractivity contribution < 1.29 is 24.4 Å². The zero-order valence-electron chi connectivity index (χ0n) is 15.4. The van der Waals surface area contributed by atoms with Gasteiger partial charge < -0.3 is 14.9 Å². The number of amides is 2. The molecule has 0 saturated carbocycles. The van der Waals surface area contributed by atoms with Gasteiger partial charge in [0.05, 0.1) is 4.92 Å². The summed E-state index contributed by atoms with van der Waals surface area (Å²) in [5.41, 5.74) is 0.765. The highest BCUT2D eigenvalue weighted by molar-refractivity contribution is 5.94. The molecule has 1 aliphatic heterocycles. The molecular weight excluding hydrogens is 354 g/mol. The molecule has 9 heteroatoms. The Bertz CT molecular complexity index is 763. The molecule has 1 N–H and O–H groups in total. The van der Waals surface area contributed by atoms with E-state index in [-0.39, 0.29) is 30.1 Å². The van der Waals surface area contributed by atoms with Crippen LogP contribution in [0, 0.1) is 17.0 Å². The third-order valence-electron chi connectivity index (χ3n) is 4.78. The maximum absolute atomic E-state index is 12.8. The summed E-state index contributed by atoms with van der Waals surface area (Å²) in [6.07, 6.45) is 1.76. The van der Waals surface area contributed by atoms with E-state index in [4.69, 9.17) is 5.11 Å². The molecule has 1 unspecified atom stereocenters. The van der Waals surface area contributed by atoms with Gasteiger partial charge in [-0.3, -0.25) is 24.5 Å². The second-order valence-corrected chi connectivity index (χ2v) is 6.68. The zero-order valence-corrected chi connectivity index (χ0v) is 15.4. The van der Waals surface area contributed by atoms with Crippen molar-refractivity contribution in [3.05, 3.63) is 39.4 Å². The van der Waals surface area contributed by atoms with E-state index in [9.17, 15) is 24.5 Å². The van der Waals surface area contributed by atoms with Gasteiger partial charge in [0, 0.05) is 43.2 Å². The van der Waals surface area contributed by atoms with Gasteiger partial charge in [0.15, 0.2) is 0 Å². The molecule has 1 saturated heterocycles. The topological polar surface area (TPSA) is 121 Å². The highest BCUT2D eigenvalue weighted by atomic mass is 16.6. The van der Waals surface area contributed by atoms with Crippen LogP contribution in [0.2, 0.25) is 0 Å². The normalized spacial score (nSPS) is 17.1. The first-order valence-electron chi connectivity index (χ1n) is 8.74. The fourth-order valence-corrected chi connectivity index (χ4v) is 3.41. The number of aryl methyl sites for hydroxylation is 1. The molecule has 9 nitrogen and oxygen atoms in total. The first-order chi connectivity index (χ1) is 12.7. The number of nitrogens with zero attached hydrogens (tertiary/aromatic N) is 3. The van der Waals surface area contributed by atoms with E-state index in [2.05, 4.69) is 0 Å². The largest absolute Gasteiger partial charge is 0.480 e. The Balaban J connectivity index is 2.10. The van der Waals surface area contributed by atoms with Crippen LogP contribution in [0.4, 0.5) is 5.69 Å². The first kappa shape index (κ1) is 20.3. The Hall–Kier alpha value is -2.97. The number of carbonyl (C=O) groups excluding carboxylic acids is 2. The molecule has 1 atom stereocenters. The van der Waals surface area contributed by atoms with Gasteiger partial charge in [-0.2, -0.15) is 0 Å². The Morgan fingerprint density at radius 1 is 1.30 bits per heavy atom. The number of nitro benzene ring substituents is 1. The standard InChI is InChI=1S/C18H23N3O6/c1-12-10-14(5-6-16(12)21(26)27)18(25)19-8-3-4-15(7-9-19)20(13(2)22)11-17(23)24/h5-6,10,15H,3-4,7-9,11H2,1-2H3,(H,23,24). The first-order valence-corrected chi connectivity index (χ1v) is 8.74. The lowest BCUT2D eigenvalue weighted by Crippen LogP contribution is -2.43. The molecular formula is C18H23N3O6. The molecule has 1 aliphatic rings. The Kier molecular flexibility index (Phi) is 6.49. The maximum atomic E-state index is 12.8. The SMILES string of the molecule is CC(=O)N(CC(=O)O)C1CCCN(C(=O)c2ccc([N+](=O)[O-])c(C)c2)CC1. The van der Waals surface area contributed by atoms with Crippen LogP contribution in [-0.4, -0.2) is 63.3 Å². The molecule has 1 fully saturated rings. The minimum atomic E-state index is -1.07. The van der Waals surface area contributed by atoms with Crippen molar-refractivity contribution in [3.8, 4) is 0 Å². The summed E-state index contributed by atoms with van der Waals surface area (Å²) in [7, 11) is 0. The van der Waals surface area contributed by atoms with Crippen LogP contribution in [-0.2, 0) is 9.59 Å². The van der Waals surface area contributed by atoms with Crippen molar-refractivity contribution in [1.29, 1.82) is 0 Å². The van der Waals surface area contributed by atoms with Gasteiger partial charge in [0.25, 0.3) is 11.6 Å². The van der Waals surface area contributed by atoms with E-state index < -0.39 is 10.9 Å². The summed E-state index contributed by atoms with van der Waals surface area (Å²) < 4.78 is 0. The molecule has 0 bridgehead atoms. The summed E-state index contributed by atoms with van der Waals surface area (Å²) in [6.45, 7) is 3.46. The number of hydrogen-bond donors (Lipinski definition) is 1. The summed E-state index contributed by atoms with van der Waals surface area (Å²) >= 11 is 0. The van der Waals surface area contributed by atoms with Crippen molar-refractivity contribution in [2.45, 2.75) is 39.2 Å². The fourth-order valence-electron chi connectivity index (χ4n) is 3.41. The summed E-state index contributed by atoms with van der Waals surface area (Å²) in [6, 6.07) is 4.06. The monoisotopic (exact) mass is 377 g/mol. The van der Waals surface area contributed by atoms with E-state index in [1.54, 1.807) is 11.8 Å².